The van der Waals surface area contributed by atoms with Crippen molar-refractivity contribution in [3.05, 3.63) is 11.6 Å². The summed E-state index contributed by atoms with van der Waals surface area (Å²) in [6.07, 6.45) is -2.33. The summed E-state index contributed by atoms with van der Waals surface area (Å²) in [6.45, 7) is 7.11. The van der Waals surface area contributed by atoms with Crippen molar-refractivity contribution in [3.63, 3.8) is 0 Å². The van der Waals surface area contributed by atoms with E-state index in [1.807, 2.05) is 6.92 Å². The summed E-state index contributed by atoms with van der Waals surface area (Å²) in [4.78, 5) is 16.0. The lowest BCUT2D eigenvalue weighted by atomic mass is 10.1. The molecular formula is C15H25F3N4O2. The van der Waals surface area contributed by atoms with Gasteiger partial charge in [-0.3, -0.25) is 4.90 Å². The SMILES string of the molecule is CCCCCCn1nc(C(F)(F)F)nc1CN(C(=O)O)C(C)(C)C. The van der Waals surface area contributed by atoms with E-state index in [9.17, 15) is 23.1 Å². The van der Waals surface area contributed by atoms with E-state index in [1.54, 1.807) is 20.8 Å². The van der Waals surface area contributed by atoms with Crippen LogP contribution >= 0.6 is 0 Å². The van der Waals surface area contributed by atoms with Crippen LogP contribution in [0.1, 0.15) is 65.0 Å². The molecule has 0 atom stereocenters. The van der Waals surface area contributed by atoms with Gasteiger partial charge in [0, 0.05) is 12.1 Å². The van der Waals surface area contributed by atoms with Gasteiger partial charge in [0.25, 0.3) is 5.82 Å². The van der Waals surface area contributed by atoms with Crippen molar-refractivity contribution in [1.82, 2.24) is 19.7 Å². The molecule has 9 heteroatoms. The second kappa shape index (κ2) is 7.85. The van der Waals surface area contributed by atoms with E-state index >= 15 is 0 Å². The number of unbranched alkanes of at least 4 members (excludes halogenated alkanes) is 3. The molecule has 0 bridgehead atoms. The van der Waals surface area contributed by atoms with Crippen molar-refractivity contribution in [2.45, 2.75) is 78.2 Å². The van der Waals surface area contributed by atoms with Gasteiger partial charge in [0.1, 0.15) is 5.82 Å². The molecule has 1 aromatic heterocycles. The lowest BCUT2D eigenvalue weighted by molar-refractivity contribution is -0.145. The Labute approximate surface area is 139 Å². The molecule has 24 heavy (non-hydrogen) atoms. The van der Waals surface area contributed by atoms with Gasteiger partial charge in [-0.1, -0.05) is 26.2 Å². The molecule has 6 nitrogen and oxygen atoms in total. The minimum atomic E-state index is -4.65. The molecular weight excluding hydrogens is 325 g/mol. The topological polar surface area (TPSA) is 71.2 Å². The van der Waals surface area contributed by atoms with E-state index < -0.39 is 23.6 Å². The Hall–Kier alpha value is -1.80. The van der Waals surface area contributed by atoms with Crippen LogP contribution in [0.5, 0.6) is 0 Å². The molecule has 1 heterocycles. The number of aromatic nitrogens is 3. The second-order valence-electron chi connectivity index (χ2n) is 6.67. The van der Waals surface area contributed by atoms with Gasteiger partial charge in [-0.25, -0.2) is 14.5 Å². The molecule has 0 fully saturated rings. The monoisotopic (exact) mass is 350 g/mol. The molecule has 0 aliphatic carbocycles. The zero-order chi connectivity index (χ0) is 18.5. The number of hydrogen-bond acceptors (Lipinski definition) is 3. The number of amides is 1. The first-order valence-electron chi connectivity index (χ1n) is 7.98. The maximum atomic E-state index is 12.9. The molecule has 0 aliphatic heterocycles. The molecule has 1 aromatic rings. The maximum absolute atomic E-state index is 12.9. The van der Waals surface area contributed by atoms with Crippen molar-refractivity contribution >= 4 is 6.09 Å². The summed E-state index contributed by atoms with van der Waals surface area (Å²) >= 11 is 0. The molecule has 0 saturated heterocycles. The second-order valence-corrected chi connectivity index (χ2v) is 6.67. The molecule has 138 valence electrons. The van der Waals surface area contributed by atoms with E-state index in [-0.39, 0.29) is 18.9 Å². The van der Waals surface area contributed by atoms with E-state index in [0.717, 1.165) is 24.2 Å². The Morgan fingerprint density at radius 1 is 1.21 bits per heavy atom. The van der Waals surface area contributed by atoms with E-state index in [4.69, 9.17) is 0 Å². The van der Waals surface area contributed by atoms with Crippen molar-refractivity contribution < 1.29 is 23.1 Å². The van der Waals surface area contributed by atoms with Gasteiger partial charge >= 0.3 is 12.3 Å². The van der Waals surface area contributed by atoms with Gasteiger partial charge in [0.2, 0.25) is 0 Å². The normalized spacial score (nSPS) is 12.5. The summed E-state index contributed by atoms with van der Waals surface area (Å²) in [5, 5.41) is 12.9. The van der Waals surface area contributed by atoms with Crippen LogP contribution in [0.15, 0.2) is 0 Å². The van der Waals surface area contributed by atoms with Gasteiger partial charge in [-0.2, -0.15) is 13.2 Å². The zero-order valence-corrected chi connectivity index (χ0v) is 14.5. The average molecular weight is 350 g/mol. The number of hydrogen-bond donors (Lipinski definition) is 1. The van der Waals surface area contributed by atoms with Gasteiger partial charge < -0.3 is 5.11 Å². The van der Waals surface area contributed by atoms with Gasteiger partial charge in [0.15, 0.2) is 0 Å². The highest BCUT2D eigenvalue weighted by Crippen LogP contribution is 2.27. The minimum Gasteiger partial charge on any atom is -0.465 e. The Bertz CT molecular complexity index is 550. The van der Waals surface area contributed by atoms with Crippen molar-refractivity contribution in [2.24, 2.45) is 0 Å². The van der Waals surface area contributed by atoms with E-state index in [2.05, 4.69) is 10.1 Å². The van der Waals surface area contributed by atoms with Crippen LogP contribution in [0, 0.1) is 0 Å². The predicted octanol–water partition coefficient (Wildman–Crippen LogP) is 4.16. The fourth-order valence-corrected chi connectivity index (χ4v) is 2.21. The number of carboxylic acid groups (broad SMARTS) is 1. The van der Waals surface area contributed by atoms with Crippen LogP contribution in [0.25, 0.3) is 0 Å². The number of nitrogens with zero attached hydrogens (tertiary/aromatic N) is 4. The molecule has 1 amide bonds. The molecule has 0 aliphatic rings. The standard InChI is InChI=1S/C15H25F3N4O2/c1-5-6-7-8-9-22-11(19-12(20-22)15(16,17)18)10-21(13(23)24)14(2,3)4/h5-10H2,1-4H3,(H,23,24). The molecule has 0 unspecified atom stereocenters. The van der Waals surface area contributed by atoms with Crippen molar-refractivity contribution in [3.8, 4) is 0 Å². The smallest absolute Gasteiger partial charge is 0.453 e. The van der Waals surface area contributed by atoms with Crippen LogP contribution in [0.3, 0.4) is 0 Å². The summed E-state index contributed by atoms with van der Waals surface area (Å²) in [7, 11) is 0. The number of rotatable bonds is 7. The number of alkyl halides is 3. The zero-order valence-electron chi connectivity index (χ0n) is 14.5. The average Bonchev–Trinajstić information content (AvgIpc) is 2.82. The van der Waals surface area contributed by atoms with Crippen molar-refractivity contribution in [2.75, 3.05) is 0 Å². The molecule has 0 saturated carbocycles. The number of halogens is 3. The fraction of sp³-hybridized carbons (Fsp3) is 0.800. The summed E-state index contributed by atoms with van der Waals surface area (Å²) < 4.78 is 39.8. The van der Waals surface area contributed by atoms with Crippen LogP contribution in [-0.2, 0) is 19.3 Å². The van der Waals surface area contributed by atoms with E-state index in [0.29, 0.717) is 6.42 Å². The first-order valence-corrected chi connectivity index (χ1v) is 7.98. The van der Waals surface area contributed by atoms with E-state index in [1.165, 1.54) is 4.68 Å². The fourth-order valence-electron chi connectivity index (χ4n) is 2.21. The highest BCUT2D eigenvalue weighted by molar-refractivity contribution is 5.65. The molecule has 0 radical (unpaired) electrons. The lowest BCUT2D eigenvalue weighted by Crippen LogP contribution is -2.44. The van der Waals surface area contributed by atoms with Crippen LogP contribution in [0.2, 0.25) is 0 Å². The lowest BCUT2D eigenvalue weighted by Gasteiger charge is -2.32. The quantitative estimate of drug-likeness (QED) is 0.750. The molecule has 1 rings (SSSR count). The molecule has 1 N–H and O–H groups in total. The molecule has 0 aromatic carbocycles. The third-order valence-electron chi connectivity index (χ3n) is 3.57. The minimum absolute atomic E-state index is 0.0103. The van der Waals surface area contributed by atoms with Gasteiger partial charge in [-0.05, 0) is 27.2 Å². The van der Waals surface area contributed by atoms with Crippen molar-refractivity contribution in [1.29, 1.82) is 0 Å². The Morgan fingerprint density at radius 2 is 1.83 bits per heavy atom. The van der Waals surface area contributed by atoms with Gasteiger partial charge in [0.05, 0.1) is 6.54 Å². The number of aryl methyl sites for hydroxylation is 1. The number of carbonyl (C=O) groups is 1. The third kappa shape index (κ3) is 5.68. The summed E-state index contributed by atoms with van der Waals surface area (Å²) in [6, 6.07) is 0. The Kier molecular flexibility index (Phi) is 6.62. The summed E-state index contributed by atoms with van der Waals surface area (Å²) in [5.74, 6) is -1.22. The highest BCUT2D eigenvalue weighted by Gasteiger charge is 2.38. The third-order valence-corrected chi connectivity index (χ3v) is 3.57. The van der Waals surface area contributed by atoms with Gasteiger partial charge in [-0.15, -0.1) is 5.10 Å². The first-order chi connectivity index (χ1) is 11.0. The first kappa shape index (κ1) is 20.2. The Morgan fingerprint density at radius 3 is 2.29 bits per heavy atom. The van der Waals surface area contributed by atoms with Crippen LogP contribution < -0.4 is 0 Å². The van der Waals surface area contributed by atoms with Crippen LogP contribution in [-0.4, -0.2) is 36.4 Å². The predicted molar refractivity (Wildman–Crippen MR) is 82.5 cm³/mol. The molecule has 0 spiro atoms. The largest absolute Gasteiger partial charge is 0.465 e. The highest BCUT2D eigenvalue weighted by atomic mass is 19.4. The summed E-state index contributed by atoms with van der Waals surface area (Å²) in [5.41, 5.74) is -0.761. The maximum Gasteiger partial charge on any atom is 0.453 e. The Balaban J connectivity index is 3.05. The van der Waals surface area contributed by atoms with Crippen LogP contribution in [0.4, 0.5) is 18.0 Å².